The zero-order chi connectivity index (χ0) is 25.3. The van der Waals surface area contributed by atoms with Gasteiger partial charge >= 0.3 is 5.97 Å². The van der Waals surface area contributed by atoms with Crippen LogP contribution in [0.25, 0.3) is 0 Å². The summed E-state index contributed by atoms with van der Waals surface area (Å²) in [5.41, 5.74) is 1.79. The number of benzene rings is 1. The third-order valence-electron chi connectivity index (χ3n) is 7.38. The van der Waals surface area contributed by atoms with E-state index < -0.39 is 5.97 Å². The van der Waals surface area contributed by atoms with E-state index in [-0.39, 0.29) is 11.0 Å². The summed E-state index contributed by atoms with van der Waals surface area (Å²) in [7, 11) is 1.74. The van der Waals surface area contributed by atoms with Crippen LogP contribution >= 0.6 is 11.3 Å². The number of rotatable bonds is 8. The van der Waals surface area contributed by atoms with Crippen molar-refractivity contribution in [2.45, 2.75) is 62.5 Å². The first-order valence-corrected chi connectivity index (χ1v) is 13.6. The highest BCUT2D eigenvalue weighted by Crippen LogP contribution is 2.49. The first kappa shape index (κ1) is 26.3. The molecule has 0 radical (unpaired) electrons. The van der Waals surface area contributed by atoms with E-state index in [1.54, 1.807) is 48.8 Å². The van der Waals surface area contributed by atoms with Gasteiger partial charge in [-0.3, -0.25) is 4.98 Å². The minimum absolute atomic E-state index is 0.0900. The van der Waals surface area contributed by atoms with Crippen LogP contribution in [-0.4, -0.2) is 41.9 Å². The van der Waals surface area contributed by atoms with Gasteiger partial charge < -0.3 is 19.9 Å². The molecule has 2 aromatic heterocycles. The predicted molar refractivity (Wildman–Crippen MR) is 143 cm³/mol. The molecule has 3 heterocycles. The van der Waals surface area contributed by atoms with Crippen LogP contribution in [0.4, 0.5) is 0 Å². The number of thiophene rings is 1. The monoisotopic (exact) mass is 508 g/mol. The Bertz CT molecular complexity index is 1080. The molecule has 1 saturated carbocycles. The molecule has 3 aromatic rings. The third-order valence-corrected chi connectivity index (χ3v) is 8.29. The van der Waals surface area contributed by atoms with E-state index in [2.05, 4.69) is 22.8 Å². The number of carboxylic acid groups (broad SMARTS) is 1. The second-order valence-electron chi connectivity index (χ2n) is 9.67. The number of nitrogens with one attached hydrogen (secondary N) is 1. The third kappa shape index (κ3) is 6.52. The van der Waals surface area contributed by atoms with Gasteiger partial charge in [0.2, 0.25) is 0 Å². The largest absolute Gasteiger partial charge is 0.496 e. The van der Waals surface area contributed by atoms with Crippen LogP contribution in [0, 0.1) is 0 Å². The number of carboxylic acids is 1. The lowest BCUT2D eigenvalue weighted by Crippen LogP contribution is -2.47. The quantitative estimate of drug-likeness (QED) is 0.359. The Morgan fingerprint density at radius 3 is 2.56 bits per heavy atom. The van der Waals surface area contributed by atoms with Crippen LogP contribution in [0.3, 0.4) is 0 Å². The summed E-state index contributed by atoms with van der Waals surface area (Å²) in [6.07, 6.45) is 10.2. The van der Waals surface area contributed by atoms with E-state index in [1.807, 2.05) is 18.3 Å². The molecule has 1 atom stereocenters. The fraction of sp³-hybridized carbons (Fsp3) is 0.448. The Morgan fingerprint density at radius 1 is 1.11 bits per heavy atom. The highest BCUT2D eigenvalue weighted by molar-refractivity contribution is 7.10. The van der Waals surface area contributed by atoms with Gasteiger partial charge in [0.15, 0.2) is 0 Å². The standard InChI is InChI=1S/C22H30N2O2S.C7H6O2/c1-25-18-7-15-27-19(18)16-23-13-10-21(20-6-2-5-12-24-20)11-14-26-22(17-21)8-3-4-9-22;8-7(9)6-4-2-1-3-5-6/h2,5-7,12,15,23H,3-4,8-11,13-14,16-17H2,1H3;1-5H,(H,8,9)/t21-;/m1./s1. The van der Waals surface area contributed by atoms with E-state index in [0.29, 0.717) is 5.56 Å². The molecule has 2 N–H and O–H groups in total. The molecule has 2 fully saturated rings. The zero-order valence-corrected chi connectivity index (χ0v) is 21.8. The van der Waals surface area contributed by atoms with Crippen LogP contribution < -0.4 is 10.1 Å². The smallest absolute Gasteiger partial charge is 0.335 e. The maximum atomic E-state index is 10.2. The number of hydrogen-bond donors (Lipinski definition) is 2. The Hall–Kier alpha value is -2.74. The van der Waals surface area contributed by atoms with Crippen LogP contribution in [-0.2, 0) is 16.7 Å². The SMILES string of the molecule is COc1ccsc1CNCC[C@@]1(c2ccccn2)CCOC2(CCCC2)C1.O=C(O)c1ccccc1. The summed E-state index contributed by atoms with van der Waals surface area (Å²) in [6, 6.07) is 16.7. The topological polar surface area (TPSA) is 80.7 Å². The number of carbonyl (C=O) groups is 1. The summed E-state index contributed by atoms with van der Waals surface area (Å²) < 4.78 is 11.8. The molecule has 5 rings (SSSR count). The van der Waals surface area contributed by atoms with Crippen molar-refractivity contribution in [3.8, 4) is 5.75 Å². The number of aromatic carboxylic acids is 1. The van der Waals surface area contributed by atoms with Crippen molar-refractivity contribution in [1.29, 1.82) is 0 Å². The van der Waals surface area contributed by atoms with Crippen LogP contribution in [0.15, 0.2) is 66.2 Å². The summed E-state index contributed by atoms with van der Waals surface area (Å²) in [5.74, 6) is 0.110. The number of pyridine rings is 1. The highest BCUT2D eigenvalue weighted by atomic mass is 32.1. The second kappa shape index (κ2) is 12.5. The lowest BCUT2D eigenvalue weighted by molar-refractivity contribution is -0.104. The summed E-state index contributed by atoms with van der Waals surface area (Å²) in [5, 5.41) is 14.1. The Labute approximate surface area is 217 Å². The lowest BCUT2D eigenvalue weighted by atomic mass is 9.68. The minimum atomic E-state index is -0.879. The van der Waals surface area contributed by atoms with E-state index in [0.717, 1.165) is 44.7 Å². The molecule has 36 heavy (non-hydrogen) atoms. The molecule has 1 aliphatic heterocycles. The van der Waals surface area contributed by atoms with Gasteiger partial charge in [-0.15, -0.1) is 11.3 Å². The fourth-order valence-corrected chi connectivity index (χ4v) is 6.35. The number of aromatic nitrogens is 1. The van der Waals surface area contributed by atoms with Crippen molar-refractivity contribution >= 4 is 17.3 Å². The van der Waals surface area contributed by atoms with Gasteiger partial charge in [-0.05, 0) is 74.4 Å². The fourth-order valence-electron chi connectivity index (χ4n) is 5.55. The number of hydrogen-bond acceptors (Lipinski definition) is 6. The Balaban J connectivity index is 0.000000286. The second-order valence-corrected chi connectivity index (χ2v) is 10.7. The molecule has 6 nitrogen and oxygen atoms in total. The van der Waals surface area contributed by atoms with Gasteiger partial charge in [-0.1, -0.05) is 37.1 Å². The molecule has 7 heteroatoms. The maximum absolute atomic E-state index is 10.2. The van der Waals surface area contributed by atoms with E-state index in [4.69, 9.17) is 19.6 Å². The Kier molecular flexibility index (Phi) is 9.13. The van der Waals surface area contributed by atoms with Gasteiger partial charge in [-0.25, -0.2) is 4.79 Å². The van der Waals surface area contributed by atoms with Gasteiger partial charge in [0.25, 0.3) is 0 Å². The molecular formula is C29H36N2O4S. The van der Waals surface area contributed by atoms with Gasteiger partial charge in [0.1, 0.15) is 5.75 Å². The lowest BCUT2D eigenvalue weighted by Gasteiger charge is -2.46. The van der Waals surface area contributed by atoms with E-state index >= 15 is 0 Å². The average molecular weight is 509 g/mol. The molecule has 192 valence electrons. The molecule has 1 saturated heterocycles. The average Bonchev–Trinajstić information content (AvgIpc) is 3.57. The summed E-state index contributed by atoms with van der Waals surface area (Å²) in [4.78, 5) is 16.3. The molecule has 0 unspecified atom stereocenters. The number of methoxy groups -OCH3 is 1. The highest BCUT2D eigenvalue weighted by Gasteiger charge is 2.48. The first-order valence-electron chi connectivity index (χ1n) is 12.7. The maximum Gasteiger partial charge on any atom is 0.335 e. The van der Waals surface area contributed by atoms with Gasteiger partial charge in [0, 0.05) is 30.5 Å². The molecule has 1 aliphatic carbocycles. The summed E-state index contributed by atoms with van der Waals surface area (Å²) in [6.45, 7) is 2.70. The molecule has 1 spiro atoms. The minimum Gasteiger partial charge on any atom is -0.496 e. The zero-order valence-electron chi connectivity index (χ0n) is 20.9. The van der Waals surface area contributed by atoms with Crippen molar-refractivity contribution < 1.29 is 19.4 Å². The first-order chi connectivity index (χ1) is 17.6. The van der Waals surface area contributed by atoms with Crippen LogP contribution in [0.1, 0.15) is 65.9 Å². The molecule has 0 bridgehead atoms. The molecule has 1 aromatic carbocycles. The van der Waals surface area contributed by atoms with Crippen molar-refractivity contribution in [2.24, 2.45) is 0 Å². The van der Waals surface area contributed by atoms with Crippen LogP contribution in [0.2, 0.25) is 0 Å². The van der Waals surface area contributed by atoms with Gasteiger partial charge in [0.05, 0.1) is 23.2 Å². The van der Waals surface area contributed by atoms with Crippen molar-refractivity contribution in [3.63, 3.8) is 0 Å². The van der Waals surface area contributed by atoms with Crippen LogP contribution in [0.5, 0.6) is 5.75 Å². The summed E-state index contributed by atoms with van der Waals surface area (Å²) >= 11 is 1.75. The van der Waals surface area contributed by atoms with E-state index in [9.17, 15) is 4.79 Å². The van der Waals surface area contributed by atoms with Crippen molar-refractivity contribution in [3.05, 3.63) is 82.3 Å². The van der Waals surface area contributed by atoms with E-state index in [1.165, 1.54) is 36.3 Å². The van der Waals surface area contributed by atoms with Gasteiger partial charge in [-0.2, -0.15) is 0 Å². The molecule has 2 aliphatic rings. The molecule has 0 amide bonds. The number of ether oxygens (including phenoxy) is 2. The predicted octanol–water partition coefficient (Wildman–Crippen LogP) is 6.08. The van der Waals surface area contributed by atoms with Crippen molar-refractivity contribution in [1.82, 2.24) is 10.3 Å². The number of nitrogens with zero attached hydrogens (tertiary/aromatic N) is 1. The normalized spacial score (nSPS) is 20.5. The Morgan fingerprint density at radius 2 is 1.89 bits per heavy atom. The molecular weight excluding hydrogens is 472 g/mol. The van der Waals surface area contributed by atoms with Crippen molar-refractivity contribution in [2.75, 3.05) is 20.3 Å².